The maximum Gasteiger partial charge on any atom is 0.257 e. The molecule has 2 aromatic carbocycles. The van der Waals surface area contributed by atoms with Crippen LogP contribution in [0.4, 0.5) is 5.69 Å². The number of para-hydroxylation sites is 2. The van der Waals surface area contributed by atoms with Gasteiger partial charge in [0.15, 0.2) is 6.10 Å². The van der Waals surface area contributed by atoms with Gasteiger partial charge in [0.25, 0.3) is 5.91 Å². The molecule has 0 spiro atoms. The Kier molecular flexibility index (Phi) is 4.38. The highest BCUT2D eigenvalue weighted by atomic mass is 16.5. The normalized spacial score (nSPS) is 11.8. The van der Waals surface area contributed by atoms with Crippen LogP contribution in [0.1, 0.15) is 17.2 Å². The summed E-state index contributed by atoms with van der Waals surface area (Å²) < 4.78 is 5.15. The zero-order valence-corrected chi connectivity index (χ0v) is 11.5. The molecule has 0 saturated heterocycles. The van der Waals surface area contributed by atoms with E-state index < -0.39 is 12.0 Å². The number of hydrogen-bond acceptors (Lipinski definition) is 3. The average Bonchev–Trinajstić information content (AvgIpc) is 2.48. The Morgan fingerprint density at radius 2 is 1.80 bits per heavy atom. The van der Waals surface area contributed by atoms with Crippen molar-refractivity contribution in [3.05, 3.63) is 59.7 Å². The number of hydrogen-bond donors (Lipinski definition) is 2. The van der Waals surface area contributed by atoms with Crippen molar-refractivity contribution in [2.24, 2.45) is 0 Å². The summed E-state index contributed by atoms with van der Waals surface area (Å²) in [6.07, 6.45) is -1.21. The van der Waals surface area contributed by atoms with Crippen LogP contribution in [-0.4, -0.2) is 18.1 Å². The molecular formula is C16H17NO3. The molecule has 0 aliphatic rings. The van der Waals surface area contributed by atoms with Crippen molar-refractivity contribution in [3.8, 4) is 5.75 Å². The van der Waals surface area contributed by atoms with Gasteiger partial charge in [-0.3, -0.25) is 4.79 Å². The van der Waals surface area contributed by atoms with E-state index in [1.807, 2.05) is 25.1 Å². The summed E-state index contributed by atoms with van der Waals surface area (Å²) in [5, 5.41) is 12.7. The Labute approximate surface area is 118 Å². The van der Waals surface area contributed by atoms with Gasteiger partial charge in [-0.2, -0.15) is 0 Å². The van der Waals surface area contributed by atoms with Crippen molar-refractivity contribution in [1.29, 1.82) is 0 Å². The Morgan fingerprint density at radius 3 is 2.45 bits per heavy atom. The van der Waals surface area contributed by atoms with E-state index in [0.717, 1.165) is 5.56 Å². The summed E-state index contributed by atoms with van der Waals surface area (Å²) in [5.41, 5.74) is 2.17. The summed E-state index contributed by atoms with van der Waals surface area (Å²) in [7, 11) is 1.53. The number of methoxy groups -OCH3 is 1. The van der Waals surface area contributed by atoms with Gasteiger partial charge in [0.1, 0.15) is 5.75 Å². The van der Waals surface area contributed by atoms with Crippen LogP contribution < -0.4 is 10.1 Å². The van der Waals surface area contributed by atoms with Gasteiger partial charge in [0.2, 0.25) is 0 Å². The van der Waals surface area contributed by atoms with Crippen molar-refractivity contribution in [1.82, 2.24) is 0 Å². The van der Waals surface area contributed by atoms with Crippen LogP contribution in [0.2, 0.25) is 0 Å². The number of nitrogens with one attached hydrogen (secondary N) is 1. The van der Waals surface area contributed by atoms with E-state index in [1.54, 1.807) is 30.3 Å². The van der Waals surface area contributed by atoms with Crippen molar-refractivity contribution in [2.75, 3.05) is 12.4 Å². The first-order chi connectivity index (χ1) is 9.61. The molecule has 1 atom stereocenters. The number of aryl methyl sites for hydroxylation is 1. The molecule has 0 aliphatic heterocycles. The van der Waals surface area contributed by atoms with Gasteiger partial charge in [0.05, 0.1) is 12.8 Å². The molecule has 0 saturated carbocycles. The zero-order chi connectivity index (χ0) is 14.5. The summed E-state index contributed by atoms with van der Waals surface area (Å²) >= 11 is 0. The van der Waals surface area contributed by atoms with E-state index in [9.17, 15) is 9.90 Å². The Morgan fingerprint density at radius 1 is 1.15 bits per heavy atom. The van der Waals surface area contributed by atoms with Crippen LogP contribution in [0.25, 0.3) is 0 Å². The van der Waals surface area contributed by atoms with Gasteiger partial charge < -0.3 is 15.2 Å². The molecule has 0 aliphatic carbocycles. The summed E-state index contributed by atoms with van der Waals surface area (Å²) in [5.74, 6) is 0.0651. The maximum atomic E-state index is 12.0. The van der Waals surface area contributed by atoms with Gasteiger partial charge in [0, 0.05) is 0 Å². The van der Waals surface area contributed by atoms with Crippen LogP contribution >= 0.6 is 0 Å². The number of aliphatic hydroxyl groups excluding tert-OH is 1. The predicted molar refractivity (Wildman–Crippen MR) is 77.8 cm³/mol. The molecule has 4 heteroatoms. The SMILES string of the molecule is COc1ccccc1NC(=O)C(O)c1ccc(C)cc1. The first-order valence-electron chi connectivity index (χ1n) is 6.30. The third kappa shape index (κ3) is 3.16. The fraction of sp³-hybridized carbons (Fsp3) is 0.188. The highest BCUT2D eigenvalue weighted by molar-refractivity contribution is 5.95. The lowest BCUT2D eigenvalue weighted by Crippen LogP contribution is -2.21. The summed E-state index contributed by atoms with van der Waals surface area (Å²) in [4.78, 5) is 12.0. The third-order valence-corrected chi connectivity index (χ3v) is 3.01. The van der Waals surface area contributed by atoms with Gasteiger partial charge >= 0.3 is 0 Å². The largest absolute Gasteiger partial charge is 0.495 e. The molecule has 4 nitrogen and oxygen atoms in total. The topological polar surface area (TPSA) is 58.6 Å². The minimum absolute atomic E-state index is 0.488. The molecule has 2 aromatic rings. The van der Waals surface area contributed by atoms with Gasteiger partial charge in [-0.15, -0.1) is 0 Å². The van der Waals surface area contributed by atoms with Crippen LogP contribution in [0.15, 0.2) is 48.5 Å². The van der Waals surface area contributed by atoms with Crippen molar-refractivity contribution >= 4 is 11.6 Å². The lowest BCUT2D eigenvalue weighted by atomic mass is 10.1. The first-order valence-corrected chi connectivity index (χ1v) is 6.30. The Balaban J connectivity index is 2.13. The molecule has 20 heavy (non-hydrogen) atoms. The van der Waals surface area contributed by atoms with E-state index in [2.05, 4.69) is 5.32 Å². The third-order valence-electron chi connectivity index (χ3n) is 3.01. The Hall–Kier alpha value is -2.33. The molecule has 1 unspecified atom stereocenters. The van der Waals surface area contributed by atoms with E-state index in [-0.39, 0.29) is 0 Å². The van der Waals surface area contributed by atoms with Crippen LogP contribution in [0.5, 0.6) is 5.75 Å². The van der Waals surface area contributed by atoms with E-state index in [1.165, 1.54) is 7.11 Å². The zero-order valence-electron chi connectivity index (χ0n) is 11.5. The molecular weight excluding hydrogens is 254 g/mol. The molecule has 0 radical (unpaired) electrons. The van der Waals surface area contributed by atoms with Gasteiger partial charge in [-0.05, 0) is 24.6 Å². The maximum absolute atomic E-state index is 12.0. The fourth-order valence-corrected chi connectivity index (χ4v) is 1.85. The second kappa shape index (κ2) is 6.21. The molecule has 0 aromatic heterocycles. The van der Waals surface area contributed by atoms with Crippen molar-refractivity contribution in [2.45, 2.75) is 13.0 Å². The molecule has 0 fully saturated rings. The van der Waals surface area contributed by atoms with Crippen molar-refractivity contribution in [3.63, 3.8) is 0 Å². The highest BCUT2D eigenvalue weighted by Crippen LogP contribution is 2.24. The Bertz CT molecular complexity index is 593. The predicted octanol–water partition coefficient (Wildman–Crippen LogP) is 2.68. The number of carbonyl (C=O) groups is 1. The lowest BCUT2D eigenvalue weighted by molar-refractivity contribution is -0.124. The number of amides is 1. The molecule has 0 bridgehead atoms. The van der Waals surface area contributed by atoms with E-state index in [0.29, 0.717) is 17.0 Å². The molecule has 2 rings (SSSR count). The van der Waals surface area contributed by atoms with Crippen LogP contribution in [-0.2, 0) is 4.79 Å². The van der Waals surface area contributed by atoms with Crippen molar-refractivity contribution < 1.29 is 14.6 Å². The van der Waals surface area contributed by atoms with E-state index >= 15 is 0 Å². The number of ether oxygens (including phenoxy) is 1. The number of carbonyl (C=O) groups excluding carboxylic acids is 1. The highest BCUT2D eigenvalue weighted by Gasteiger charge is 2.18. The second-order valence-corrected chi connectivity index (χ2v) is 4.50. The fourth-order valence-electron chi connectivity index (χ4n) is 1.85. The lowest BCUT2D eigenvalue weighted by Gasteiger charge is -2.14. The summed E-state index contributed by atoms with van der Waals surface area (Å²) in [6.45, 7) is 1.95. The smallest absolute Gasteiger partial charge is 0.257 e. The molecule has 104 valence electrons. The van der Waals surface area contributed by atoms with Gasteiger partial charge in [-0.1, -0.05) is 42.0 Å². The first kappa shape index (κ1) is 14.1. The van der Waals surface area contributed by atoms with E-state index in [4.69, 9.17) is 4.74 Å². The second-order valence-electron chi connectivity index (χ2n) is 4.50. The monoisotopic (exact) mass is 271 g/mol. The minimum atomic E-state index is -1.21. The number of benzene rings is 2. The average molecular weight is 271 g/mol. The standard InChI is InChI=1S/C16H17NO3/c1-11-7-9-12(10-8-11)15(18)16(19)17-13-5-3-4-6-14(13)20-2/h3-10,15,18H,1-2H3,(H,17,19). The summed E-state index contributed by atoms with van der Waals surface area (Å²) in [6, 6.07) is 14.3. The molecule has 1 amide bonds. The van der Waals surface area contributed by atoms with Crippen LogP contribution in [0.3, 0.4) is 0 Å². The number of rotatable bonds is 4. The van der Waals surface area contributed by atoms with Gasteiger partial charge in [-0.25, -0.2) is 0 Å². The molecule has 2 N–H and O–H groups in total. The van der Waals surface area contributed by atoms with Crippen LogP contribution in [0, 0.1) is 6.92 Å². The number of anilines is 1. The molecule has 0 heterocycles. The number of aliphatic hydroxyl groups is 1. The quantitative estimate of drug-likeness (QED) is 0.898. The minimum Gasteiger partial charge on any atom is -0.495 e.